The van der Waals surface area contributed by atoms with E-state index in [0.29, 0.717) is 0 Å². The minimum atomic E-state index is 0.949. The van der Waals surface area contributed by atoms with E-state index in [0.717, 1.165) is 11.8 Å². The van der Waals surface area contributed by atoms with Crippen molar-refractivity contribution in [2.24, 2.45) is 11.8 Å². The molecule has 0 saturated heterocycles. The maximum absolute atomic E-state index is 2.43. The van der Waals surface area contributed by atoms with Crippen molar-refractivity contribution in [1.29, 1.82) is 0 Å². The highest BCUT2D eigenvalue weighted by atomic mass is 14.1. The van der Waals surface area contributed by atoms with Gasteiger partial charge in [-0.1, -0.05) is 105 Å². The van der Waals surface area contributed by atoms with Crippen molar-refractivity contribution in [3.63, 3.8) is 0 Å². The van der Waals surface area contributed by atoms with Crippen molar-refractivity contribution in [3.8, 4) is 0 Å². The Balaban J connectivity index is 3.11. The molecule has 0 bridgehead atoms. The maximum atomic E-state index is 2.43. The molecule has 2 atom stereocenters. The Morgan fingerprint density at radius 1 is 0.556 bits per heavy atom. The van der Waals surface area contributed by atoms with E-state index in [9.17, 15) is 0 Å². The van der Waals surface area contributed by atoms with Crippen LogP contribution in [0.15, 0.2) is 0 Å². The lowest BCUT2D eigenvalue weighted by Gasteiger charge is -2.10. The van der Waals surface area contributed by atoms with Gasteiger partial charge >= 0.3 is 0 Å². The molecule has 0 aromatic heterocycles. The Bertz CT molecular complexity index is 150. The standard InChI is InChI=1S/C18H38/c1-5-7-14-18(4)16-13-11-9-8-10-12-15-17(3)6-2/h17-18H,5-16H2,1-4H3. The molecule has 0 radical (unpaired) electrons. The Morgan fingerprint density at radius 3 is 1.50 bits per heavy atom. The summed E-state index contributed by atoms with van der Waals surface area (Å²) in [5, 5.41) is 0. The summed E-state index contributed by atoms with van der Waals surface area (Å²) >= 11 is 0. The van der Waals surface area contributed by atoms with Crippen molar-refractivity contribution in [3.05, 3.63) is 0 Å². The molecule has 0 nitrogen and oxygen atoms in total. The molecule has 18 heavy (non-hydrogen) atoms. The fourth-order valence-corrected chi connectivity index (χ4v) is 2.59. The molecule has 0 rings (SSSR count). The average Bonchev–Trinajstić information content (AvgIpc) is 2.38. The van der Waals surface area contributed by atoms with Gasteiger partial charge in [0, 0.05) is 0 Å². The topological polar surface area (TPSA) is 0 Å². The van der Waals surface area contributed by atoms with E-state index in [2.05, 4.69) is 27.7 Å². The third-order valence-electron chi connectivity index (χ3n) is 4.39. The molecule has 0 aliphatic heterocycles. The van der Waals surface area contributed by atoms with Crippen LogP contribution in [-0.4, -0.2) is 0 Å². The van der Waals surface area contributed by atoms with Gasteiger partial charge in [-0.25, -0.2) is 0 Å². The third kappa shape index (κ3) is 12.5. The minimum Gasteiger partial charge on any atom is -0.0654 e. The summed E-state index contributed by atoms with van der Waals surface area (Å²) < 4.78 is 0. The quantitative estimate of drug-likeness (QED) is 0.311. The zero-order chi connectivity index (χ0) is 13.6. The van der Waals surface area contributed by atoms with Crippen LogP contribution in [0.2, 0.25) is 0 Å². The summed E-state index contributed by atoms with van der Waals surface area (Å²) in [7, 11) is 0. The lowest BCUT2D eigenvalue weighted by atomic mass is 9.96. The van der Waals surface area contributed by atoms with Gasteiger partial charge in [0.25, 0.3) is 0 Å². The van der Waals surface area contributed by atoms with Crippen LogP contribution in [0.1, 0.15) is 105 Å². The minimum absolute atomic E-state index is 0.949. The van der Waals surface area contributed by atoms with Crippen molar-refractivity contribution in [2.45, 2.75) is 105 Å². The molecule has 0 heteroatoms. The van der Waals surface area contributed by atoms with E-state index in [-0.39, 0.29) is 0 Å². The molecule has 0 aliphatic rings. The van der Waals surface area contributed by atoms with Crippen LogP contribution in [0, 0.1) is 11.8 Å². The third-order valence-corrected chi connectivity index (χ3v) is 4.39. The first-order chi connectivity index (χ1) is 8.70. The fraction of sp³-hybridized carbons (Fsp3) is 1.00. The van der Waals surface area contributed by atoms with E-state index in [1.165, 1.54) is 77.0 Å². The van der Waals surface area contributed by atoms with Crippen LogP contribution in [0.5, 0.6) is 0 Å². The summed E-state index contributed by atoms with van der Waals surface area (Å²) in [6.07, 6.45) is 17.3. The summed E-state index contributed by atoms with van der Waals surface area (Å²) in [5.74, 6) is 1.92. The second-order valence-corrected chi connectivity index (χ2v) is 6.46. The van der Waals surface area contributed by atoms with Gasteiger partial charge in [0.2, 0.25) is 0 Å². The summed E-state index contributed by atoms with van der Waals surface area (Å²) in [6.45, 7) is 9.43. The molecule has 0 spiro atoms. The van der Waals surface area contributed by atoms with E-state index >= 15 is 0 Å². The fourth-order valence-electron chi connectivity index (χ4n) is 2.59. The van der Waals surface area contributed by atoms with Gasteiger partial charge in [-0.3, -0.25) is 0 Å². The van der Waals surface area contributed by atoms with E-state index in [1.54, 1.807) is 0 Å². The molecule has 0 N–H and O–H groups in total. The molecule has 2 unspecified atom stereocenters. The Hall–Kier alpha value is 0. The van der Waals surface area contributed by atoms with Crippen LogP contribution in [-0.2, 0) is 0 Å². The predicted molar refractivity (Wildman–Crippen MR) is 85.1 cm³/mol. The lowest BCUT2D eigenvalue weighted by molar-refractivity contribution is 0.435. The van der Waals surface area contributed by atoms with Crippen molar-refractivity contribution in [2.75, 3.05) is 0 Å². The molecule has 0 heterocycles. The largest absolute Gasteiger partial charge is 0.0654 e. The van der Waals surface area contributed by atoms with Gasteiger partial charge in [0.1, 0.15) is 0 Å². The van der Waals surface area contributed by atoms with Crippen LogP contribution in [0.25, 0.3) is 0 Å². The molecule has 0 saturated carbocycles. The predicted octanol–water partition coefficient (Wildman–Crippen LogP) is 6.98. The van der Waals surface area contributed by atoms with Gasteiger partial charge in [-0.05, 0) is 11.8 Å². The molecule has 0 aliphatic carbocycles. The van der Waals surface area contributed by atoms with Crippen LogP contribution < -0.4 is 0 Å². The first kappa shape index (κ1) is 18.0. The molecule has 0 aromatic rings. The van der Waals surface area contributed by atoms with E-state index < -0.39 is 0 Å². The first-order valence-corrected chi connectivity index (χ1v) is 8.70. The Labute approximate surface area is 117 Å². The van der Waals surface area contributed by atoms with E-state index in [4.69, 9.17) is 0 Å². The number of hydrogen-bond donors (Lipinski definition) is 0. The zero-order valence-corrected chi connectivity index (χ0v) is 13.6. The van der Waals surface area contributed by atoms with Crippen LogP contribution in [0.3, 0.4) is 0 Å². The number of rotatable bonds is 13. The first-order valence-electron chi connectivity index (χ1n) is 8.70. The molecular formula is C18H38. The Morgan fingerprint density at radius 2 is 1.00 bits per heavy atom. The van der Waals surface area contributed by atoms with Crippen LogP contribution >= 0.6 is 0 Å². The lowest BCUT2D eigenvalue weighted by Crippen LogP contribution is -1.94. The van der Waals surface area contributed by atoms with Gasteiger partial charge in [-0.2, -0.15) is 0 Å². The normalized spacial score (nSPS) is 14.7. The van der Waals surface area contributed by atoms with Gasteiger partial charge in [-0.15, -0.1) is 0 Å². The van der Waals surface area contributed by atoms with Gasteiger partial charge in [0.05, 0.1) is 0 Å². The molecule has 0 aromatic carbocycles. The summed E-state index contributed by atoms with van der Waals surface area (Å²) in [6, 6.07) is 0. The monoisotopic (exact) mass is 254 g/mol. The van der Waals surface area contributed by atoms with Crippen molar-refractivity contribution >= 4 is 0 Å². The highest BCUT2D eigenvalue weighted by molar-refractivity contribution is 4.55. The van der Waals surface area contributed by atoms with E-state index in [1.807, 2.05) is 0 Å². The second kappa shape index (κ2) is 13.4. The molecule has 110 valence electrons. The van der Waals surface area contributed by atoms with Crippen LogP contribution in [0.4, 0.5) is 0 Å². The maximum Gasteiger partial charge on any atom is -0.0443 e. The molecule has 0 amide bonds. The van der Waals surface area contributed by atoms with Crippen molar-refractivity contribution < 1.29 is 0 Å². The Kier molecular flexibility index (Phi) is 13.4. The summed E-state index contributed by atoms with van der Waals surface area (Å²) in [4.78, 5) is 0. The second-order valence-electron chi connectivity index (χ2n) is 6.46. The summed E-state index contributed by atoms with van der Waals surface area (Å²) in [5.41, 5.74) is 0. The molecule has 0 fully saturated rings. The zero-order valence-electron chi connectivity index (χ0n) is 13.6. The SMILES string of the molecule is CCCCC(C)CCCCCCCCC(C)CC. The van der Waals surface area contributed by atoms with Gasteiger partial charge in [0.15, 0.2) is 0 Å². The van der Waals surface area contributed by atoms with Gasteiger partial charge < -0.3 is 0 Å². The number of hydrogen-bond acceptors (Lipinski definition) is 0. The highest BCUT2D eigenvalue weighted by Gasteiger charge is 2.01. The smallest absolute Gasteiger partial charge is 0.0443 e. The molecular weight excluding hydrogens is 216 g/mol. The average molecular weight is 255 g/mol. The highest BCUT2D eigenvalue weighted by Crippen LogP contribution is 2.18. The number of unbranched alkanes of at least 4 members (excludes halogenated alkanes) is 6. The van der Waals surface area contributed by atoms with Crippen molar-refractivity contribution in [1.82, 2.24) is 0 Å².